The highest BCUT2D eigenvalue weighted by atomic mass is 16.5. The Bertz CT molecular complexity index is 620. The van der Waals surface area contributed by atoms with Gasteiger partial charge in [-0.2, -0.15) is 5.10 Å². The van der Waals surface area contributed by atoms with Crippen molar-refractivity contribution in [1.82, 2.24) is 15.1 Å². The Morgan fingerprint density at radius 1 is 1.38 bits per heavy atom. The van der Waals surface area contributed by atoms with Gasteiger partial charge in [-0.15, -0.1) is 0 Å². The maximum absolute atomic E-state index is 12.1. The molecule has 2 aromatic rings. The van der Waals surface area contributed by atoms with Crippen LogP contribution in [0.5, 0.6) is 5.75 Å². The quantitative estimate of drug-likeness (QED) is 0.831. The lowest BCUT2D eigenvalue weighted by Gasteiger charge is -2.03. The summed E-state index contributed by atoms with van der Waals surface area (Å²) in [5.74, 6) is 0.680. The molecule has 0 bridgehead atoms. The number of methoxy groups -OCH3 is 1. The third kappa shape index (κ3) is 3.62. The van der Waals surface area contributed by atoms with E-state index in [0.29, 0.717) is 12.2 Å². The second kappa shape index (κ2) is 6.92. The van der Waals surface area contributed by atoms with Crippen molar-refractivity contribution in [2.75, 3.05) is 13.7 Å². The average molecular weight is 287 g/mol. The summed E-state index contributed by atoms with van der Waals surface area (Å²) in [5, 5.41) is 7.31. The minimum absolute atomic E-state index is 0.0902. The van der Waals surface area contributed by atoms with Crippen LogP contribution in [0.15, 0.2) is 30.3 Å². The van der Waals surface area contributed by atoms with Crippen LogP contribution in [0.2, 0.25) is 0 Å². The van der Waals surface area contributed by atoms with Gasteiger partial charge in [-0.05, 0) is 24.6 Å². The predicted molar refractivity (Wildman–Crippen MR) is 82.4 cm³/mol. The van der Waals surface area contributed by atoms with Crippen LogP contribution in [0, 0.1) is 0 Å². The van der Waals surface area contributed by atoms with E-state index >= 15 is 0 Å². The molecule has 0 saturated heterocycles. The summed E-state index contributed by atoms with van der Waals surface area (Å²) in [6.07, 6.45) is 2.03. The lowest BCUT2D eigenvalue weighted by molar-refractivity contribution is 0.0944. The number of unbranched alkanes of at least 4 members (excludes halogenated alkanes) is 1. The van der Waals surface area contributed by atoms with Gasteiger partial charge in [-0.3, -0.25) is 9.48 Å². The van der Waals surface area contributed by atoms with Crippen molar-refractivity contribution in [3.8, 4) is 17.0 Å². The van der Waals surface area contributed by atoms with Crippen molar-refractivity contribution in [2.24, 2.45) is 7.05 Å². The van der Waals surface area contributed by atoms with E-state index in [1.807, 2.05) is 24.3 Å². The molecule has 0 aliphatic rings. The lowest BCUT2D eigenvalue weighted by Crippen LogP contribution is -2.26. The van der Waals surface area contributed by atoms with Crippen molar-refractivity contribution >= 4 is 5.91 Å². The van der Waals surface area contributed by atoms with Crippen LogP contribution >= 0.6 is 0 Å². The molecule has 0 aliphatic heterocycles. The molecule has 1 N–H and O–H groups in total. The van der Waals surface area contributed by atoms with Gasteiger partial charge in [0, 0.05) is 19.2 Å². The molecule has 21 heavy (non-hydrogen) atoms. The number of aromatic nitrogens is 2. The molecule has 1 aromatic carbocycles. The molecule has 0 radical (unpaired) electrons. The van der Waals surface area contributed by atoms with Crippen molar-refractivity contribution in [2.45, 2.75) is 19.8 Å². The van der Waals surface area contributed by atoms with Crippen LogP contribution in [0.1, 0.15) is 30.3 Å². The molecule has 5 heteroatoms. The number of hydrogen-bond acceptors (Lipinski definition) is 3. The zero-order chi connectivity index (χ0) is 15.2. The molecule has 0 unspecified atom stereocenters. The van der Waals surface area contributed by atoms with Gasteiger partial charge in [0.25, 0.3) is 5.91 Å². The van der Waals surface area contributed by atoms with Crippen molar-refractivity contribution in [3.63, 3.8) is 0 Å². The van der Waals surface area contributed by atoms with E-state index in [1.165, 1.54) is 0 Å². The smallest absolute Gasteiger partial charge is 0.269 e. The fourth-order valence-electron chi connectivity index (χ4n) is 2.07. The molecule has 1 aromatic heterocycles. The van der Waals surface area contributed by atoms with Crippen LogP contribution in [0.25, 0.3) is 11.3 Å². The SMILES string of the molecule is CCCCNC(=O)c1cc(-c2cccc(OC)c2)nn1C. The van der Waals surface area contributed by atoms with E-state index in [-0.39, 0.29) is 5.91 Å². The Hall–Kier alpha value is -2.30. The zero-order valence-electron chi connectivity index (χ0n) is 12.7. The molecule has 0 atom stereocenters. The zero-order valence-corrected chi connectivity index (χ0v) is 12.7. The molecule has 1 amide bonds. The standard InChI is InChI=1S/C16H21N3O2/c1-4-5-9-17-16(20)15-11-14(18-19(15)2)12-7-6-8-13(10-12)21-3/h6-8,10-11H,4-5,9H2,1-3H3,(H,17,20). The van der Waals surface area contributed by atoms with Gasteiger partial charge in [0.2, 0.25) is 0 Å². The first-order valence-corrected chi connectivity index (χ1v) is 7.12. The Morgan fingerprint density at radius 3 is 2.90 bits per heavy atom. The minimum Gasteiger partial charge on any atom is -0.497 e. The first-order valence-electron chi connectivity index (χ1n) is 7.12. The maximum Gasteiger partial charge on any atom is 0.269 e. The molecule has 0 saturated carbocycles. The molecule has 1 heterocycles. The summed E-state index contributed by atoms with van der Waals surface area (Å²) in [7, 11) is 3.41. The van der Waals surface area contributed by atoms with Crippen LogP contribution < -0.4 is 10.1 Å². The van der Waals surface area contributed by atoms with Crippen LogP contribution in [0.4, 0.5) is 0 Å². The van der Waals surface area contributed by atoms with E-state index < -0.39 is 0 Å². The highest BCUT2D eigenvalue weighted by molar-refractivity contribution is 5.93. The third-order valence-corrected chi connectivity index (χ3v) is 3.29. The van der Waals surface area contributed by atoms with E-state index in [4.69, 9.17) is 4.74 Å². The highest BCUT2D eigenvalue weighted by Crippen LogP contribution is 2.23. The minimum atomic E-state index is -0.0902. The molecule has 0 spiro atoms. The summed E-state index contributed by atoms with van der Waals surface area (Å²) >= 11 is 0. The van der Waals surface area contributed by atoms with Crippen LogP contribution in [-0.4, -0.2) is 29.3 Å². The Labute approximate surface area is 124 Å². The summed E-state index contributed by atoms with van der Waals surface area (Å²) in [5.41, 5.74) is 2.25. The van der Waals surface area contributed by atoms with E-state index in [0.717, 1.165) is 29.8 Å². The first kappa shape index (κ1) is 15.1. The molecule has 0 aliphatic carbocycles. The van der Waals surface area contributed by atoms with E-state index in [2.05, 4.69) is 17.3 Å². The molecular formula is C16H21N3O2. The molecule has 112 valence electrons. The fraction of sp³-hybridized carbons (Fsp3) is 0.375. The Morgan fingerprint density at radius 2 is 2.19 bits per heavy atom. The molecule has 2 rings (SSSR count). The highest BCUT2D eigenvalue weighted by Gasteiger charge is 2.14. The number of benzene rings is 1. The number of aryl methyl sites for hydroxylation is 1. The Balaban J connectivity index is 2.20. The number of carbonyl (C=O) groups is 1. The monoisotopic (exact) mass is 287 g/mol. The average Bonchev–Trinajstić information content (AvgIpc) is 2.89. The number of hydrogen-bond donors (Lipinski definition) is 1. The van der Waals surface area contributed by atoms with E-state index in [1.54, 1.807) is 24.9 Å². The van der Waals surface area contributed by atoms with Crippen molar-refractivity contribution in [1.29, 1.82) is 0 Å². The number of amides is 1. The third-order valence-electron chi connectivity index (χ3n) is 3.29. The van der Waals surface area contributed by atoms with Crippen molar-refractivity contribution in [3.05, 3.63) is 36.0 Å². The molecular weight excluding hydrogens is 266 g/mol. The molecule has 5 nitrogen and oxygen atoms in total. The number of carbonyl (C=O) groups excluding carboxylic acids is 1. The van der Waals surface area contributed by atoms with Gasteiger partial charge < -0.3 is 10.1 Å². The number of nitrogens with one attached hydrogen (secondary N) is 1. The first-order chi connectivity index (χ1) is 10.2. The predicted octanol–water partition coefficient (Wildman–Crippen LogP) is 2.63. The van der Waals surface area contributed by atoms with Gasteiger partial charge in [0.05, 0.1) is 12.8 Å². The lowest BCUT2D eigenvalue weighted by atomic mass is 10.1. The number of nitrogens with zero attached hydrogens (tertiary/aromatic N) is 2. The van der Waals surface area contributed by atoms with Crippen LogP contribution in [0.3, 0.4) is 0 Å². The topological polar surface area (TPSA) is 56.1 Å². The fourth-order valence-corrected chi connectivity index (χ4v) is 2.07. The van der Waals surface area contributed by atoms with E-state index in [9.17, 15) is 4.79 Å². The number of rotatable bonds is 6. The summed E-state index contributed by atoms with van der Waals surface area (Å²) in [6, 6.07) is 9.44. The Kier molecular flexibility index (Phi) is 4.98. The normalized spacial score (nSPS) is 10.4. The van der Waals surface area contributed by atoms with Gasteiger partial charge in [0.1, 0.15) is 11.4 Å². The maximum atomic E-state index is 12.1. The second-order valence-electron chi connectivity index (χ2n) is 4.88. The van der Waals surface area contributed by atoms with Gasteiger partial charge in [-0.1, -0.05) is 25.5 Å². The van der Waals surface area contributed by atoms with Gasteiger partial charge >= 0.3 is 0 Å². The second-order valence-corrected chi connectivity index (χ2v) is 4.88. The largest absolute Gasteiger partial charge is 0.497 e. The molecule has 0 fully saturated rings. The van der Waals surface area contributed by atoms with Crippen LogP contribution in [-0.2, 0) is 7.05 Å². The van der Waals surface area contributed by atoms with Crippen molar-refractivity contribution < 1.29 is 9.53 Å². The summed E-state index contributed by atoms with van der Waals surface area (Å²) in [6.45, 7) is 2.78. The van der Waals surface area contributed by atoms with Gasteiger partial charge in [0.15, 0.2) is 0 Å². The summed E-state index contributed by atoms with van der Waals surface area (Å²) < 4.78 is 6.82. The van der Waals surface area contributed by atoms with Gasteiger partial charge in [-0.25, -0.2) is 0 Å². The summed E-state index contributed by atoms with van der Waals surface area (Å²) in [4.78, 5) is 12.1. The number of ether oxygens (including phenoxy) is 1.